The monoisotopic (exact) mass is 339 g/mol. The number of hydrogen-bond acceptors (Lipinski definition) is 5. The van der Waals surface area contributed by atoms with E-state index in [-0.39, 0.29) is 30.4 Å². The highest BCUT2D eigenvalue weighted by Crippen LogP contribution is 2.34. The van der Waals surface area contributed by atoms with Gasteiger partial charge in [-0.05, 0) is 18.1 Å². The van der Waals surface area contributed by atoms with Gasteiger partial charge in [-0.2, -0.15) is 4.31 Å². The molecule has 0 aliphatic carbocycles. The molecule has 1 aromatic heterocycles. The largest absolute Gasteiger partial charge is 0.377 e. The molecule has 0 radical (unpaired) electrons. The van der Waals surface area contributed by atoms with Crippen LogP contribution in [0, 0.1) is 11.8 Å². The number of nitrogens with zero attached hydrogens (tertiary/aromatic N) is 2. The van der Waals surface area contributed by atoms with Gasteiger partial charge >= 0.3 is 0 Å². The summed E-state index contributed by atoms with van der Waals surface area (Å²) in [6.45, 7) is 1.54. The Hall–Kier alpha value is -1.51. The standard InChI is InChI=1S/C15H21N3O4S/c1-23(20,21)18-9-13(12-4-6-22-14(12)10-18)15(19)17-8-11-3-2-5-16-7-11/h2-3,5,7,12-14H,4,6,8-10H2,1H3,(H,17,19)/t12-,13-,14+/m1/s1. The van der Waals surface area contributed by atoms with E-state index in [2.05, 4.69) is 10.3 Å². The number of ether oxygens (including phenoxy) is 1. The maximum absolute atomic E-state index is 12.6. The lowest BCUT2D eigenvalue weighted by atomic mass is 9.83. The van der Waals surface area contributed by atoms with Crippen molar-refractivity contribution in [2.24, 2.45) is 11.8 Å². The zero-order valence-electron chi connectivity index (χ0n) is 13.0. The van der Waals surface area contributed by atoms with E-state index in [0.29, 0.717) is 19.7 Å². The summed E-state index contributed by atoms with van der Waals surface area (Å²) in [5, 5.41) is 2.90. The minimum atomic E-state index is -3.33. The Kier molecular flexibility index (Phi) is 4.65. The maximum Gasteiger partial charge on any atom is 0.225 e. The average Bonchev–Trinajstić information content (AvgIpc) is 3.00. The molecular weight excluding hydrogens is 318 g/mol. The molecule has 3 rings (SSSR count). The molecule has 1 N–H and O–H groups in total. The highest BCUT2D eigenvalue weighted by Gasteiger charge is 2.45. The van der Waals surface area contributed by atoms with Crippen LogP contribution in [0.4, 0.5) is 0 Å². The van der Waals surface area contributed by atoms with Gasteiger partial charge in [-0.25, -0.2) is 8.42 Å². The second-order valence-corrected chi connectivity index (χ2v) is 8.11. The van der Waals surface area contributed by atoms with E-state index in [0.717, 1.165) is 12.0 Å². The zero-order chi connectivity index (χ0) is 16.4. The summed E-state index contributed by atoms with van der Waals surface area (Å²) >= 11 is 0. The van der Waals surface area contributed by atoms with Crippen LogP contribution in [0.2, 0.25) is 0 Å². The molecule has 23 heavy (non-hydrogen) atoms. The Morgan fingerprint density at radius 2 is 2.30 bits per heavy atom. The van der Waals surface area contributed by atoms with Gasteiger partial charge in [0.25, 0.3) is 0 Å². The van der Waals surface area contributed by atoms with Crippen molar-refractivity contribution >= 4 is 15.9 Å². The van der Waals surface area contributed by atoms with Gasteiger partial charge in [0.05, 0.1) is 18.3 Å². The van der Waals surface area contributed by atoms with Crippen LogP contribution in [0.1, 0.15) is 12.0 Å². The zero-order valence-corrected chi connectivity index (χ0v) is 13.8. The third-order valence-electron chi connectivity index (χ3n) is 4.56. The quantitative estimate of drug-likeness (QED) is 0.834. The molecule has 1 amide bonds. The molecule has 3 heterocycles. The summed E-state index contributed by atoms with van der Waals surface area (Å²) in [6, 6.07) is 3.70. The van der Waals surface area contributed by atoms with Crippen molar-refractivity contribution in [2.45, 2.75) is 19.1 Å². The van der Waals surface area contributed by atoms with Gasteiger partial charge in [-0.1, -0.05) is 6.07 Å². The van der Waals surface area contributed by atoms with Gasteiger partial charge in [-0.3, -0.25) is 9.78 Å². The Balaban J connectivity index is 1.69. The molecule has 0 bridgehead atoms. The van der Waals surface area contributed by atoms with Crippen molar-refractivity contribution in [1.82, 2.24) is 14.6 Å². The van der Waals surface area contributed by atoms with Crippen LogP contribution in [-0.2, 0) is 26.1 Å². The number of piperidine rings is 1. The average molecular weight is 339 g/mol. The fraction of sp³-hybridized carbons (Fsp3) is 0.600. The van der Waals surface area contributed by atoms with Crippen LogP contribution < -0.4 is 5.32 Å². The van der Waals surface area contributed by atoms with E-state index < -0.39 is 10.0 Å². The van der Waals surface area contributed by atoms with E-state index in [1.165, 1.54) is 10.6 Å². The normalized spacial score (nSPS) is 28.3. The molecule has 8 heteroatoms. The van der Waals surface area contributed by atoms with Crippen molar-refractivity contribution in [3.8, 4) is 0 Å². The molecule has 0 spiro atoms. The summed E-state index contributed by atoms with van der Waals surface area (Å²) in [6.07, 6.45) is 5.16. The molecule has 2 aliphatic heterocycles. The summed E-state index contributed by atoms with van der Waals surface area (Å²) in [4.78, 5) is 16.6. The molecule has 126 valence electrons. The predicted molar refractivity (Wildman–Crippen MR) is 83.8 cm³/mol. The number of amides is 1. The topological polar surface area (TPSA) is 88.6 Å². The predicted octanol–water partition coefficient (Wildman–Crippen LogP) is -0.00570. The highest BCUT2D eigenvalue weighted by atomic mass is 32.2. The van der Waals surface area contributed by atoms with Crippen LogP contribution >= 0.6 is 0 Å². The van der Waals surface area contributed by atoms with E-state index in [4.69, 9.17) is 4.74 Å². The number of carbonyl (C=O) groups excluding carboxylic acids is 1. The second kappa shape index (κ2) is 6.54. The van der Waals surface area contributed by atoms with Gasteiger partial charge in [0.1, 0.15) is 0 Å². The molecule has 0 aromatic carbocycles. The van der Waals surface area contributed by atoms with Crippen molar-refractivity contribution in [2.75, 3.05) is 26.0 Å². The first-order valence-electron chi connectivity index (χ1n) is 7.68. The fourth-order valence-electron chi connectivity index (χ4n) is 3.31. The lowest BCUT2D eigenvalue weighted by Crippen LogP contribution is -2.53. The van der Waals surface area contributed by atoms with Gasteiger partial charge < -0.3 is 10.1 Å². The number of rotatable bonds is 4. The lowest BCUT2D eigenvalue weighted by molar-refractivity contribution is -0.129. The molecule has 1 aromatic rings. The Labute approximate surface area is 136 Å². The summed E-state index contributed by atoms with van der Waals surface area (Å²) < 4.78 is 30.7. The first-order chi connectivity index (χ1) is 10.9. The van der Waals surface area contributed by atoms with Crippen molar-refractivity contribution in [3.05, 3.63) is 30.1 Å². The molecule has 3 atom stereocenters. The number of sulfonamides is 1. The molecule has 2 fully saturated rings. The van der Waals surface area contributed by atoms with Gasteiger partial charge in [0.15, 0.2) is 0 Å². The molecular formula is C15H21N3O4S. The van der Waals surface area contributed by atoms with Crippen molar-refractivity contribution in [3.63, 3.8) is 0 Å². The Morgan fingerprint density at radius 3 is 3.00 bits per heavy atom. The number of fused-ring (bicyclic) bond motifs is 1. The van der Waals surface area contributed by atoms with Gasteiger partial charge in [-0.15, -0.1) is 0 Å². The van der Waals surface area contributed by atoms with E-state index in [1.54, 1.807) is 12.4 Å². The Morgan fingerprint density at radius 1 is 1.48 bits per heavy atom. The second-order valence-electron chi connectivity index (χ2n) is 6.13. The molecule has 0 unspecified atom stereocenters. The smallest absolute Gasteiger partial charge is 0.225 e. The Bertz CT molecular complexity index is 665. The van der Waals surface area contributed by atoms with Crippen LogP contribution in [0.15, 0.2) is 24.5 Å². The van der Waals surface area contributed by atoms with E-state index in [9.17, 15) is 13.2 Å². The first-order valence-corrected chi connectivity index (χ1v) is 9.53. The number of nitrogens with one attached hydrogen (secondary N) is 1. The third kappa shape index (κ3) is 3.70. The summed E-state index contributed by atoms with van der Waals surface area (Å²) in [5.41, 5.74) is 0.913. The van der Waals surface area contributed by atoms with Crippen molar-refractivity contribution < 1.29 is 17.9 Å². The van der Waals surface area contributed by atoms with Crippen LogP contribution in [0.25, 0.3) is 0 Å². The SMILES string of the molecule is CS(=O)(=O)N1C[C@@H]2OCC[C@@H]2[C@H](C(=O)NCc2cccnc2)C1. The molecule has 7 nitrogen and oxygen atoms in total. The molecule has 0 saturated carbocycles. The number of aromatic nitrogens is 1. The highest BCUT2D eigenvalue weighted by molar-refractivity contribution is 7.88. The first kappa shape index (κ1) is 16.4. The molecule has 2 aliphatic rings. The fourth-order valence-corrected chi connectivity index (χ4v) is 4.16. The van der Waals surface area contributed by atoms with Crippen molar-refractivity contribution in [1.29, 1.82) is 0 Å². The third-order valence-corrected chi connectivity index (χ3v) is 5.79. The van der Waals surface area contributed by atoms with Crippen LogP contribution in [-0.4, -0.2) is 55.7 Å². The number of carbonyl (C=O) groups is 1. The van der Waals surface area contributed by atoms with Crippen LogP contribution in [0.5, 0.6) is 0 Å². The molecule has 2 saturated heterocycles. The number of pyridine rings is 1. The minimum absolute atomic E-state index is 0.0851. The number of hydrogen-bond donors (Lipinski definition) is 1. The lowest BCUT2D eigenvalue weighted by Gasteiger charge is -2.37. The van der Waals surface area contributed by atoms with Gasteiger partial charge in [0.2, 0.25) is 15.9 Å². The maximum atomic E-state index is 12.6. The van der Waals surface area contributed by atoms with E-state index in [1.807, 2.05) is 12.1 Å². The van der Waals surface area contributed by atoms with Gasteiger partial charge in [0, 0.05) is 44.6 Å². The summed E-state index contributed by atoms with van der Waals surface area (Å²) in [7, 11) is -3.33. The van der Waals surface area contributed by atoms with Crippen LogP contribution in [0.3, 0.4) is 0 Å². The summed E-state index contributed by atoms with van der Waals surface area (Å²) in [5.74, 6) is -0.410. The van der Waals surface area contributed by atoms with E-state index >= 15 is 0 Å². The minimum Gasteiger partial charge on any atom is -0.377 e.